The Bertz CT molecular complexity index is 4460. The molecule has 0 saturated heterocycles. The Balaban J connectivity index is 0.886. The average Bonchev–Trinajstić information content (AvgIpc) is 4.17. The van der Waals surface area contributed by atoms with Crippen LogP contribution in [0.15, 0.2) is 251 Å². The Hall–Kier alpha value is -9.42. The van der Waals surface area contributed by atoms with Gasteiger partial charge >= 0.3 is 0 Å². The van der Waals surface area contributed by atoms with Crippen LogP contribution in [0.4, 0.5) is 34.1 Å². The Morgan fingerprint density at radius 2 is 0.707 bits per heavy atom. The van der Waals surface area contributed by atoms with E-state index in [0.29, 0.717) is 0 Å². The van der Waals surface area contributed by atoms with Crippen LogP contribution in [0.5, 0.6) is 0 Å². The van der Waals surface area contributed by atoms with Gasteiger partial charge in [0.25, 0.3) is 0 Å². The van der Waals surface area contributed by atoms with Gasteiger partial charge in [0.1, 0.15) is 11.2 Å². The first-order valence-corrected chi connectivity index (χ1v) is 26.4. The molecular weight excluding hydrogens is 933 g/mol. The molecule has 0 N–H and O–H groups in total. The number of aryl methyl sites for hydroxylation is 2. The second kappa shape index (κ2) is 17.1. The third-order valence-corrected chi connectivity index (χ3v) is 16.2. The van der Waals surface area contributed by atoms with E-state index in [4.69, 9.17) is 8.83 Å². The van der Waals surface area contributed by atoms with E-state index in [-0.39, 0.29) is 0 Å². The van der Waals surface area contributed by atoms with Gasteiger partial charge in [0.05, 0.1) is 11.4 Å². The first kappa shape index (κ1) is 43.2. The summed E-state index contributed by atoms with van der Waals surface area (Å²) in [4.78, 5) is 4.72. The van der Waals surface area contributed by atoms with Crippen molar-refractivity contribution >= 4 is 131 Å². The van der Waals surface area contributed by atoms with E-state index in [1.54, 1.807) is 0 Å². The van der Waals surface area contributed by atoms with Crippen LogP contribution in [0.3, 0.4) is 0 Å². The lowest BCUT2D eigenvalue weighted by Crippen LogP contribution is -2.10. The van der Waals surface area contributed by atoms with E-state index in [1.165, 1.54) is 52.8 Å². The molecule has 0 aliphatic rings. The van der Waals surface area contributed by atoms with Gasteiger partial charge in [-0.1, -0.05) is 170 Å². The molecule has 75 heavy (non-hydrogen) atoms. The Kier molecular flexibility index (Phi) is 9.84. The van der Waals surface area contributed by atoms with Gasteiger partial charge in [0, 0.05) is 75.6 Å². The maximum atomic E-state index is 7.03. The zero-order chi connectivity index (χ0) is 49.7. The molecule has 0 atom stereocenters. The van der Waals surface area contributed by atoms with Gasteiger partial charge in [-0.3, -0.25) is 0 Å². The summed E-state index contributed by atoms with van der Waals surface area (Å²) < 4.78 is 16.6. The van der Waals surface area contributed by atoms with E-state index in [9.17, 15) is 0 Å². The van der Waals surface area contributed by atoms with Gasteiger partial charge < -0.3 is 18.6 Å². The summed E-state index contributed by atoms with van der Waals surface area (Å²) in [5.41, 5.74) is 16.6. The number of hydrogen-bond donors (Lipinski definition) is 0. The van der Waals surface area contributed by atoms with Crippen molar-refractivity contribution in [3.8, 4) is 22.3 Å². The number of hydrogen-bond acceptors (Lipinski definition) is 5. The quantitative estimate of drug-likeness (QED) is 0.152. The fourth-order valence-corrected chi connectivity index (χ4v) is 12.9. The molecule has 15 aromatic rings. The van der Waals surface area contributed by atoms with E-state index >= 15 is 0 Å². The first-order valence-electron chi connectivity index (χ1n) is 25.6. The topological polar surface area (TPSA) is 32.8 Å². The highest BCUT2D eigenvalue weighted by Crippen LogP contribution is 2.49. The predicted molar refractivity (Wildman–Crippen MR) is 319 cm³/mol. The molecule has 12 aromatic carbocycles. The summed E-state index contributed by atoms with van der Waals surface area (Å²) >= 11 is 1.86. The SMILES string of the molecule is Cc1cccc(N(c2ccc3c(ccc4sc5ccc6cc(N(c7cccc(C)c7)c7cccc8c7oc7c(-c9ccccc9)cccc78)ccc6c5c43)c2)c2cccc3c2oc2c(-c4ccccc4)cccc23)c1. The molecule has 0 amide bonds. The van der Waals surface area contributed by atoms with Gasteiger partial charge in [-0.05, 0) is 130 Å². The lowest BCUT2D eigenvalue weighted by Gasteiger charge is -2.26. The first-order chi connectivity index (χ1) is 37.0. The molecule has 0 unspecified atom stereocenters. The molecule has 0 aliphatic carbocycles. The number of furan rings is 2. The van der Waals surface area contributed by atoms with Crippen molar-refractivity contribution in [2.45, 2.75) is 13.8 Å². The third-order valence-electron chi connectivity index (χ3n) is 15.1. The Morgan fingerprint density at radius 3 is 1.15 bits per heavy atom. The number of rotatable bonds is 8. The van der Waals surface area contributed by atoms with Crippen molar-refractivity contribution in [1.29, 1.82) is 0 Å². The van der Waals surface area contributed by atoms with Crippen LogP contribution < -0.4 is 9.80 Å². The smallest absolute Gasteiger partial charge is 0.159 e. The molecule has 0 radical (unpaired) electrons. The van der Waals surface area contributed by atoms with Crippen LogP contribution in [0.25, 0.3) is 108 Å². The molecule has 0 saturated carbocycles. The molecule has 3 heterocycles. The highest BCUT2D eigenvalue weighted by atomic mass is 32.1. The summed E-state index contributed by atoms with van der Waals surface area (Å²) in [6.07, 6.45) is 0. The van der Waals surface area contributed by atoms with Crippen molar-refractivity contribution in [3.63, 3.8) is 0 Å². The second-order valence-electron chi connectivity index (χ2n) is 19.7. The molecule has 5 heteroatoms. The minimum Gasteiger partial charge on any atom is -0.453 e. The molecule has 0 spiro atoms. The zero-order valence-corrected chi connectivity index (χ0v) is 42.0. The van der Waals surface area contributed by atoms with Gasteiger partial charge in [0.2, 0.25) is 0 Å². The van der Waals surface area contributed by atoms with Crippen molar-refractivity contribution in [2.24, 2.45) is 0 Å². The third kappa shape index (κ3) is 6.96. The molecule has 354 valence electrons. The molecule has 4 nitrogen and oxygen atoms in total. The second-order valence-corrected chi connectivity index (χ2v) is 20.8. The van der Waals surface area contributed by atoms with Gasteiger partial charge in [0.15, 0.2) is 11.2 Å². The molecule has 15 rings (SSSR count). The largest absolute Gasteiger partial charge is 0.453 e. The predicted octanol–water partition coefficient (Wildman–Crippen LogP) is 21.1. The van der Waals surface area contributed by atoms with Crippen molar-refractivity contribution in [3.05, 3.63) is 254 Å². The number of para-hydroxylation sites is 4. The Labute approximate surface area is 437 Å². The normalized spacial score (nSPS) is 11.9. The maximum Gasteiger partial charge on any atom is 0.159 e. The lowest BCUT2D eigenvalue weighted by atomic mass is 9.98. The summed E-state index contributed by atoms with van der Waals surface area (Å²) in [6.45, 7) is 4.31. The molecule has 0 aliphatic heterocycles. The van der Waals surface area contributed by atoms with E-state index in [1.807, 2.05) is 11.3 Å². The maximum absolute atomic E-state index is 7.03. The van der Waals surface area contributed by atoms with Crippen LogP contribution >= 0.6 is 11.3 Å². The molecular formula is C70H46N2O2S. The lowest BCUT2D eigenvalue weighted by molar-refractivity contribution is 0.670. The molecule has 0 bridgehead atoms. The highest BCUT2D eigenvalue weighted by Gasteiger charge is 2.24. The van der Waals surface area contributed by atoms with Crippen LogP contribution in [0.1, 0.15) is 11.1 Å². The number of benzene rings is 12. The number of thiophene rings is 1. The van der Waals surface area contributed by atoms with Crippen molar-refractivity contribution < 1.29 is 8.83 Å². The summed E-state index contributed by atoms with van der Waals surface area (Å²) in [6, 6.07) is 87.7. The minimum atomic E-state index is 0.857. The van der Waals surface area contributed by atoms with Crippen molar-refractivity contribution in [2.75, 3.05) is 9.80 Å². The van der Waals surface area contributed by atoms with Gasteiger partial charge in [-0.2, -0.15) is 0 Å². The fraction of sp³-hybridized carbons (Fsp3) is 0.0286. The van der Waals surface area contributed by atoms with Gasteiger partial charge in [-0.25, -0.2) is 0 Å². The molecule has 0 fully saturated rings. The van der Waals surface area contributed by atoms with E-state index in [2.05, 4.69) is 266 Å². The fourth-order valence-electron chi connectivity index (χ4n) is 11.7. The number of fused-ring (bicyclic) bond motifs is 13. The number of nitrogens with zero attached hydrogens (tertiary/aromatic N) is 2. The van der Waals surface area contributed by atoms with Gasteiger partial charge in [-0.15, -0.1) is 11.3 Å². The van der Waals surface area contributed by atoms with Crippen LogP contribution in [0.2, 0.25) is 0 Å². The zero-order valence-electron chi connectivity index (χ0n) is 41.2. The monoisotopic (exact) mass is 978 g/mol. The van der Waals surface area contributed by atoms with Crippen LogP contribution in [0, 0.1) is 13.8 Å². The molecule has 3 aromatic heterocycles. The minimum absolute atomic E-state index is 0.857. The average molecular weight is 979 g/mol. The highest BCUT2D eigenvalue weighted by molar-refractivity contribution is 7.26. The van der Waals surface area contributed by atoms with Crippen LogP contribution in [-0.4, -0.2) is 0 Å². The number of anilines is 6. The Morgan fingerprint density at radius 1 is 0.307 bits per heavy atom. The summed E-state index contributed by atoms with van der Waals surface area (Å²) in [5, 5.41) is 11.8. The van der Waals surface area contributed by atoms with E-state index in [0.717, 1.165) is 100 Å². The summed E-state index contributed by atoms with van der Waals surface area (Å²) in [7, 11) is 0. The van der Waals surface area contributed by atoms with E-state index < -0.39 is 0 Å². The summed E-state index contributed by atoms with van der Waals surface area (Å²) in [5.74, 6) is 0. The van der Waals surface area contributed by atoms with Crippen molar-refractivity contribution in [1.82, 2.24) is 0 Å². The standard InChI is InChI=1S/C70H46N2O2S/c1-43-15-9-21-49(39-43)71(61-29-13-27-59-57-25-11-23-55(67(57)73-69(59)61)45-17-5-3-6-18-45)51-33-35-53-47(41-51)31-37-63-65(53)66-54-36-34-52(42-48(54)32-38-64(66)75-63)72(50-22-10-16-44(2)40-50)62-30-14-28-60-58-26-12-24-56(68(58)74-70(60)62)46-19-7-4-8-20-46/h3-42H,1-2H3. The van der Waals surface area contributed by atoms with Crippen LogP contribution in [-0.2, 0) is 0 Å².